The maximum Gasteiger partial charge on any atom is 0.437 e. The number of alkyl halides is 3. The molecule has 0 heterocycles. The Morgan fingerprint density at radius 2 is 1.44 bits per heavy atom. The zero-order valence-corrected chi connectivity index (χ0v) is 17.9. The molecular weight excluding hydrogens is 506 g/mol. The Labute approximate surface area is 187 Å². The van der Waals surface area contributed by atoms with E-state index in [0.717, 1.165) is 24.3 Å². The quantitative estimate of drug-likeness (QED) is 0.122. The molecule has 0 aliphatic rings. The molecule has 0 saturated heterocycles. The Bertz CT molecular complexity index is 1150. The molecule has 2 aromatic rings. The molecule has 0 fully saturated rings. The van der Waals surface area contributed by atoms with Crippen LogP contribution in [0.3, 0.4) is 0 Å². The van der Waals surface area contributed by atoms with Crippen LogP contribution < -0.4 is 0 Å². The van der Waals surface area contributed by atoms with E-state index >= 15 is 0 Å². The van der Waals surface area contributed by atoms with E-state index in [4.69, 9.17) is 5.26 Å². The van der Waals surface area contributed by atoms with Gasteiger partial charge in [-0.15, -0.1) is 0 Å². The van der Waals surface area contributed by atoms with Gasteiger partial charge in [-0.25, -0.2) is 26.8 Å². The smallest absolute Gasteiger partial charge is 0.264 e. The third-order valence-electron chi connectivity index (χ3n) is 4.70. The van der Waals surface area contributed by atoms with Gasteiger partial charge >= 0.3 is 16.3 Å². The predicted octanol–water partition coefficient (Wildman–Crippen LogP) is 5.63. The van der Waals surface area contributed by atoms with Gasteiger partial charge in [-0.1, -0.05) is 49.7 Å². The Balaban J connectivity index is 2.51. The van der Waals surface area contributed by atoms with Crippen molar-refractivity contribution in [3.63, 3.8) is 0 Å². The average Bonchev–Trinajstić information content (AvgIpc) is 2.76. The standard InChI is InChI=1S/C19H15F8NO5S/c1-3-8(2)16(32-29)9-4-6-10(7-5-9)18(19(25,26)27)28-33-34(30,31)17-14(23)12(21)11(20)13(22)15(17)24/h4-8,16,29H,3H2,1-2H3/b28-18+. The third kappa shape index (κ3) is 5.47. The molecule has 2 atom stereocenters. The van der Waals surface area contributed by atoms with E-state index in [1.54, 1.807) is 13.8 Å². The van der Waals surface area contributed by atoms with E-state index in [1.165, 1.54) is 0 Å². The minimum atomic E-state index is -6.02. The van der Waals surface area contributed by atoms with Crippen LogP contribution in [0.25, 0.3) is 0 Å². The first-order valence-electron chi connectivity index (χ1n) is 9.18. The molecule has 2 aromatic carbocycles. The molecule has 0 aliphatic carbocycles. The fourth-order valence-electron chi connectivity index (χ4n) is 2.73. The van der Waals surface area contributed by atoms with Gasteiger partial charge in [0.25, 0.3) is 0 Å². The van der Waals surface area contributed by atoms with Gasteiger partial charge in [0.05, 0.1) is 0 Å². The van der Waals surface area contributed by atoms with Gasteiger partial charge in [0.2, 0.25) is 5.82 Å². The summed E-state index contributed by atoms with van der Waals surface area (Å²) in [5, 5.41) is 11.4. The molecule has 6 nitrogen and oxygen atoms in total. The van der Waals surface area contributed by atoms with E-state index in [1.807, 2.05) is 0 Å². The van der Waals surface area contributed by atoms with E-state index in [9.17, 15) is 43.5 Å². The lowest BCUT2D eigenvalue weighted by molar-refractivity contribution is -0.293. The molecule has 15 heteroatoms. The third-order valence-corrected chi connectivity index (χ3v) is 5.83. The number of benzene rings is 2. The first-order chi connectivity index (χ1) is 15.7. The van der Waals surface area contributed by atoms with Crippen molar-refractivity contribution in [2.45, 2.75) is 37.4 Å². The molecule has 0 amide bonds. The highest BCUT2D eigenvalue weighted by atomic mass is 32.2. The average molecular weight is 521 g/mol. The molecule has 2 rings (SSSR count). The summed E-state index contributed by atoms with van der Waals surface area (Å²) in [5.41, 5.74) is -2.54. The Morgan fingerprint density at radius 3 is 1.85 bits per heavy atom. The molecular formula is C19H15F8NO5S. The van der Waals surface area contributed by atoms with Crippen molar-refractivity contribution in [1.29, 1.82) is 0 Å². The lowest BCUT2D eigenvalue weighted by Crippen LogP contribution is -2.25. The van der Waals surface area contributed by atoms with Crippen molar-refractivity contribution in [2.75, 3.05) is 0 Å². The van der Waals surface area contributed by atoms with Crippen molar-refractivity contribution in [1.82, 2.24) is 0 Å². The van der Waals surface area contributed by atoms with Crippen molar-refractivity contribution >= 4 is 15.8 Å². The van der Waals surface area contributed by atoms with Crippen molar-refractivity contribution in [3.8, 4) is 0 Å². The summed E-state index contributed by atoms with van der Waals surface area (Å²) in [6.07, 6.45) is -5.75. The van der Waals surface area contributed by atoms with Gasteiger partial charge in [0, 0.05) is 5.56 Å². The normalized spacial score (nSPS) is 14.7. The van der Waals surface area contributed by atoms with Crippen LogP contribution in [0.2, 0.25) is 0 Å². The van der Waals surface area contributed by atoms with E-state index in [0.29, 0.717) is 6.42 Å². The summed E-state index contributed by atoms with van der Waals surface area (Å²) in [6.45, 7) is 3.46. The molecule has 1 N–H and O–H groups in total. The lowest BCUT2D eigenvalue weighted by atomic mass is 9.94. The van der Waals surface area contributed by atoms with Crippen LogP contribution in [0.15, 0.2) is 34.3 Å². The lowest BCUT2D eigenvalue weighted by Gasteiger charge is -2.20. The zero-order valence-electron chi connectivity index (χ0n) is 17.1. The van der Waals surface area contributed by atoms with Crippen molar-refractivity contribution in [2.24, 2.45) is 11.1 Å². The van der Waals surface area contributed by atoms with Gasteiger partial charge in [-0.2, -0.15) is 21.6 Å². The summed E-state index contributed by atoms with van der Waals surface area (Å²) in [7, 11) is -6.02. The highest BCUT2D eigenvalue weighted by Crippen LogP contribution is 2.31. The second-order valence-electron chi connectivity index (χ2n) is 6.90. The molecule has 2 unspecified atom stereocenters. The van der Waals surface area contributed by atoms with Gasteiger partial charge in [-0.3, -0.25) is 9.54 Å². The Morgan fingerprint density at radius 1 is 0.971 bits per heavy atom. The van der Waals surface area contributed by atoms with Crippen LogP contribution >= 0.6 is 0 Å². The summed E-state index contributed by atoms with van der Waals surface area (Å²) < 4.78 is 135. The number of hydrogen-bond donors (Lipinski definition) is 1. The SMILES string of the molecule is CCC(C)C(OO)c1ccc(/C(=N\OS(=O)(=O)c2c(F)c(F)c(F)c(F)c2F)C(F)(F)F)cc1. The van der Waals surface area contributed by atoms with Crippen LogP contribution in [-0.4, -0.2) is 25.6 Å². The summed E-state index contributed by atoms with van der Waals surface area (Å²) >= 11 is 0. The predicted molar refractivity (Wildman–Crippen MR) is 99.4 cm³/mol. The van der Waals surface area contributed by atoms with Crippen LogP contribution in [0, 0.1) is 35.0 Å². The first kappa shape index (κ1) is 27.5. The highest BCUT2D eigenvalue weighted by molar-refractivity contribution is 7.86. The van der Waals surface area contributed by atoms with Crippen LogP contribution in [0.4, 0.5) is 35.1 Å². The van der Waals surface area contributed by atoms with Gasteiger partial charge in [0.1, 0.15) is 6.10 Å². The molecule has 0 bridgehead atoms. The Kier molecular flexibility index (Phi) is 8.26. The van der Waals surface area contributed by atoms with Crippen molar-refractivity contribution in [3.05, 3.63) is 64.5 Å². The largest absolute Gasteiger partial charge is 0.437 e. The molecule has 0 aromatic heterocycles. The van der Waals surface area contributed by atoms with E-state index in [2.05, 4.69) is 14.3 Å². The number of oxime groups is 1. The Hall–Kier alpha value is -2.78. The van der Waals surface area contributed by atoms with Crippen LogP contribution in [-0.2, 0) is 19.3 Å². The fraction of sp³-hybridized carbons (Fsp3) is 0.316. The van der Waals surface area contributed by atoms with Crippen LogP contribution in [0.5, 0.6) is 0 Å². The molecule has 0 spiro atoms. The zero-order chi connectivity index (χ0) is 26.0. The molecule has 0 radical (unpaired) electrons. The highest BCUT2D eigenvalue weighted by Gasteiger charge is 2.40. The summed E-state index contributed by atoms with van der Waals surface area (Å²) in [4.78, 5) is 1.82. The topological polar surface area (TPSA) is 85.2 Å². The van der Waals surface area contributed by atoms with E-state index in [-0.39, 0.29) is 11.5 Å². The minimum Gasteiger partial charge on any atom is -0.264 e. The number of halogens is 8. The van der Waals surface area contributed by atoms with Gasteiger partial charge < -0.3 is 0 Å². The van der Waals surface area contributed by atoms with Crippen LogP contribution in [0.1, 0.15) is 37.5 Å². The summed E-state index contributed by atoms with van der Waals surface area (Å²) in [5.74, 6) is -13.9. The number of rotatable bonds is 8. The second kappa shape index (κ2) is 10.2. The second-order valence-corrected chi connectivity index (χ2v) is 8.36. The van der Waals surface area contributed by atoms with Gasteiger partial charge in [-0.05, 0) is 11.5 Å². The van der Waals surface area contributed by atoms with E-state index < -0.39 is 67.7 Å². The minimum absolute atomic E-state index is 0.247. The van der Waals surface area contributed by atoms with Crippen molar-refractivity contribution < 1.29 is 58.0 Å². The maximum absolute atomic E-state index is 13.7. The molecule has 0 saturated carbocycles. The number of hydrogen-bond acceptors (Lipinski definition) is 6. The fourth-order valence-corrected chi connectivity index (χ4v) is 3.60. The number of nitrogens with zero attached hydrogens (tertiary/aromatic N) is 1. The van der Waals surface area contributed by atoms with Gasteiger partial charge in [0.15, 0.2) is 33.9 Å². The monoisotopic (exact) mass is 521 g/mol. The molecule has 188 valence electrons. The maximum atomic E-state index is 13.7. The molecule has 34 heavy (non-hydrogen) atoms. The first-order valence-corrected chi connectivity index (χ1v) is 10.6. The molecule has 0 aliphatic heterocycles. The summed E-state index contributed by atoms with van der Waals surface area (Å²) in [6, 6.07) is 3.82.